The second kappa shape index (κ2) is 5.94. The van der Waals surface area contributed by atoms with Crippen LogP contribution in [0.5, 0.6) is 0 Å². The van der Waals surface area contributed by atoms with Crippen molar-refractivity contribution in [2.75, 3.05) is 0 Å². The van der Waals surface area contributed by atoms with E-state index in [1.807, 2.05) is 42.5 Å². The van der Waals surface area contributed by atoms with Crippen LogP contribution in [0.2, 0.25) is 5.02 Å². The van der Waals surface area contributed by atoms with Crippen LogP contribution in [0.1, 0.15) is 16.1 Å². The number of hydrogen-bond donors (Lipinski definition) is 0. The molecule has 0 atom stereocenters. The van der Waals surface area contributed by atoms with Crippen LogP contribution in [0.25, 0.3) is 10.8 Å². The van der Waals surface area contributed by atoms with Crippen molar-refractivity contribution in [2.45, 2.75) is 6.61 Å². The maximum atomic E-state index is 12.0. The molecule has 104 valence electrons. The summed E-state index contributed by atoms with van der Waals surface area (Å²) >= 11 is 5.84. The molecular weight excluding hydrogens is 286 g/mol. The number of rotatable bonds is 3. The van der Waals surface area contributed by atoms with Gasteiger partial charge in [-0.05, 0) is 28.5 Å². The van der Waals surface area contributed by atoms with Gasteiger partial charge in [0.1, 0.15) is 12.3 Å². The fourth-order valence-corrected chi connectivity index (χ4v) is 2.31. The van der Waals surface area contributed by atoms with Crippen LogP contribution in [-0.2, 0) is 11.3 Å². The second-order valence-electron chi connectivity index (χ2n) is 4.57. The molecule has 0 aliphatic carbocycles. The van der Waals surface area contributed by atoms with Crippen molar-refractivity contribution in [3.63, 3.8) is 0 Å². The minimum atomic E-state index is -0.481. The van der Waals surface area contributed by atoms with Gasteiger partial charge >= 0.3 is 5.97 Å². The first-order valence-electron chi connectivity index (χ1n) is 6.49. The molecule has 0 aliphatic heterocycles. The molecule has 2 aromatic carbocycles. The number of aromatic nitrogens is 1. The van der Waals surface area contributed by atoms with Crippen LogP contribution in [0.3, 0.4) is 0 Å². The predicted molar refractivity (Wildman–Crippen MR) is 82.3 cm³/mol. The highest BCUT2D eigenvalue weighted by molar-refractivity contribution is 6.30. The summed E-state index contributed by atoms with van der Waals surface area (Å²) in [5.41, 5.74) is 1.17. The minimum absolute atomic E-state index is 0.203. The van der Waals surface area contributed by atoms with Gasteiger partial charge in [0.15, 0.2) is 0 Å². The standard InChI is InChI=1S/C17H12ClNO2/c18-14-8-9-19-16(10-14)17(20)21-11-13-6-3-5-12-4-1-2-7-15(12)13/h1-10H,11H2. The Hall–Kier alpha value is -2.39. The summed E-state index contributed by atoms with van der Waals surface area (Å²) < 4.78 is 5.32. The Kier molecular flexibility index (Phi) is 3.84. The second-order valence-corrected chi connectivity index (χ2v) is 5.01. The summed E-state index contributed by atoms with van der Waals surface area (Å²) in [6.45, 7) is 0.203. The average molecular weight is 298 g/mol. The molecule has 0 N–H and O–H groups in total. The van der Waals surface area contributed by atoms with Gasteiger partial charge in [0.05, 0.1) is 0 Å². The number of benzene rings is 2. The first-order valence-corrected chi connectivity index (χ1v) is 6.87. The van der Waals surface area contributed by atoms with Crippen molar-refractivity contribution in [2.24, 2.45) is 0 Å². The topological polar surface area (TPSA) is 39.2 Å². The van der Waals surface area contributed by atoms with E-state index in [0.717, 1.165) is 16.3 Å². The van der Waals surface area contributed by atoms with Gasteiger partial charge in [0.25, 0.3) is 0 Å². The number of hydrogen-bond acceptors (Lipinski definition) is 3. The number of carbonyl (C=O) groups excluding carboxylic acids is 1. The third kappa shape index (κ3) is 3.03. The Morgan fingerprint density at radius 2 is 1.90 bits per heavy atom. The highest BCUT2D eigenvalue weighted by Crippen LogP contribution is 2.19. The molecule has 0 fully saturated rings. The number of carbonyl (C=O) groups is 1. The summed E-state index contributed by atoms with van der Waals surface area (Å²) in [7, 11) is 0. The maximum absolute atomic E-state index is 12.0. The van der Waals surface area contributed by atoms with Crippen molar-refractivity contribution < 1.29 is 9.53 Å². The summed E-state index contributed by atoms with van der Waals surface area (Å²) in [5, 5.41) is 2.65. The predicted octanol–water partition coefficient (Wildman–Crippen LogP) is 4.25. The van der Waals surface area contributed by atoms with E-state index in [2.05, 4.69) is 4.98 Å². The van der Waals surface area contributed by atoms with E-state index in [1.54, 1.807) is 6.07 Å². The molecule has 0 bridgehead atoms. The SMILES string of the molecule is O=C(OCc1cccc2ccccc12)c1cc(Cl)ccn1. The Morgan fingerprint density at radius 1 is 1.10 bits per heavy atom. The number of nitrogens with zero attached hydrogens (tertiary/aromatic N) is 1. The Morgan fingerprint density at radius 3 is 2.76 bits per heavy atom. The fourth-order valence-electron chi connectivity index (χ4n) is 2.15. The zero-order chi connectivity index (χ0) is 14.7. The molecule has 4 heteroatoms. The number of esters is 1. The normalized spacial score (nSPS) is 10.5. The molecule has 0 spiro atoms. The first-order chi connectivity index (χ1) is 10.2. The fraction of sp³-hybridized carbons (Fsp3) is 0.0588. The van der Waals surface area contributed by atoms with Crippen LogP contribution in [0, 0.1) is 0 Å². The number of fused-ring (bicyclic) bond motifs is 1. The van der Waals surface area contributed by atoms with Crippen molar-refractivity contribution >= 4 is 28.3 Å². The molecule has 1 heterocycles. The number of ether oxygens (including phenoxy) is 1. The lowest BCUT2D eigenvalue weighted by Crippen LogP contribution is -2.07. The summed E-state index contributed by atoms with van der Waals surface area (Å²) in [6.07, 6.45) is 1.48. The highest BCUT2D eigenvalue weighted by atomic mass is 35.5. The monoisotopic (exact) mass is 297 g/mol. The van der Waals surface area contributed by atoms with Crippen molar-refractivity contribution in [3.05, 3.63) is 77.1 Å². The zero-order valence-electron chi connectivity index (χ0n) is 11.1. The van der Waals surface area contributed by atoms with E-state index in [4.69, 9.17) is 16.3 Å². The smallest absolute Gasteiger partial charge is 0.357 e. The third-order valence-electron chi connectivity index (χ3n) is 3.17. The van der Waals surface area contributed by atoms with Crippen molar-refractivity contribution in [1.29, 1.82) is 0 Å². The lowest BCUT2D eigenvalue weighted by atomic mass is 10.1. The Bertz CT molecular complexity index is 796. The van der Waals surface area contributed by atoms with Crippen LogP contribution < -0.4 is 0 Å². The maximum Gasteiger partial charge on any atom is 0.357 e. The van der Waals surface area contributed by atoms with Crippen LogP contribution in [-0.4, -0.2) is 11.0 Å². The molecule has 3 nitrogen and oxygen atoms in total. The summed E-state index contributed by atoms with van der Waals surface area (Å²) in [5.74, 6) is -0.481. The van der Waals surface area contributed by atoms with Crippen LogP contribution >= 0.6 is 11.6 Å². The average Bonchev–Trinajstić information content (AvgIpc) is 2.52. The van der Waals surface area contributed by atoms with Gasteiger partial charge in [0, 0.05) is 11.2 Å². The molecule has 3 rings (SSSR count). The molecule has 21 heavy (non-hydrogen) atoms. The molecule has 0 aliphatic rings. The summed E-state index contributed by atoms with van der Waals surface area (Å²) in [4.78, 5) is 15.9. The molecule has 0 radical (unpaired) electrons. The van der Waals surface area contributed by atoms with Gasteiger partial charge in [-0.2, -0.15) is 0 Å². The van der Waals surface area contributed by atoms with Gasteiger partial charge in [0.2, 0.25) is 0 Å². The van der Waals surface area contributed by atoms with Gasteiger partial charge in [-0.25, -0.2) is 9.78 Å². The van der Waals surface area contributed by atoms with E-state index < -0.39 is 5.97 Å². The third-order valence-corrected chi connectivity index (χ3v) is 3.40. The zero-order valence-corrected chi connectivity index (χ0v) is 11.9. The van der Waals surface area contributed by atoms with Gasteiger partial charge < -0.3 is 4.74 Å². The van der Waals surface area contributed by atoms with E-state index in [-0.39, 0.29) is 12.3 Å². The molecule has 1 aromatic heterocycles. The molecule has 3 aromatic rings. The lowest BCUT2D eigenvalue weighted by Gasteiger charge is -2.07. The Balaban J connectivity index is 1.79. The van der Waals surface area contributed by atoms with E-state index in [9.17, 15) is 4.79 Å². The Labute approximate surface area is 127 Å². The van der Waals surface area contributed by atoms with Gasteiger partial charge in [-0.1, -0.05) is 54.1 Å². The molecule has 0 saturated heterocycles. The molecule has 0 unspecified atom stereocenters. The largest absolute Gasteiger partial charge is 0.456 e. The number of halogens is 1. The first kappa shape index (κ1) is 13.6. The van der Waals surface area contributed by atoms with Gasteiger partial charge in [-0.15, -0.1) is 0 Å². The van der Waals surface area contributed by atoms with Crippen molar-refractivity contribution in [1.82, 2.24) is 4.98 Å². The van der Waals surface area contributed by atoms with Crippen LogP contribution in [0.15, 0.2) is 60.8 Å². The van der Waals surface area contributed by atoms with E-state index in [0.29, 0.717) is 5.02 Å². The molecule has 0 amide bonds. The van der Waals surface area contributed by atoms with Crippen LogP contribution in [0.4, 0.5) is 0 Å². The lowest BCUT2D eigenvalue weighted by molar-refractivity contribution is 0.0467. The van der Waals surface area contributed by atoms with Crippen molar-refractivity contribution in [3.8, 4) is 0 Å². The number of pyridine rings is 1. The van der Waals surface area contributed by atoms with Gasteiger partial charge in [-0.3, -0.25) is 0 Å². The van der Waals surface area contributed by atoms with E-state index in [1.165, 1.54) is 12.3 Å². The highest BCUT2D eigenvalue weighted by Gasteiger charge is 2.10. The minimum Gasteiger partial charge on any atom is -0.456 e. The van der Waals surface area contributed by atoms with E-state index >= 15 is 0 Å². The molecular formula is C17H12ClNO2. The summed E-state index contributed by atoms with van der Waals surface area (Å²) in [6, 6.07) is 17.0. The quantitative estimate of drug-likeness (QED) is 0.679. The molecule has 0 saturated carbocycles.